The Kier molecular flexibility index (Phi) is 9.25. The average Bonchev–Trinajstić information content (AvgIpc) is 0.811. The van der Waals surface area contributed by atoms with E-state index in [4.69, 9.17) is 9.90 Å². The van der Waals surface area contributed by atoms with Gasteiger partial charge in [0.15, 0.2) is 0 Å². The van der Waals surface area contributed by atoms with Gasteiger partial charge in [-0.2, -0.15) is 0 Å². The molecule has 0 heterocycles. The molecule has 0 bridgehead atoms. The van der Waals surface area contributed by atoms with Crippen LogP contribution in [0.3, 0.4) is 0 Å². The third-order valence-electron chi connectivity index (χ3n) is 0. The number of hydrogen-bond acceptors (Lipinski definition) is 1. The summed E-state index contributed by atoms with van der Waals surface area (Å²) in [5, 5.41) is 7.42. The van der Waals surface area contributed by atoms with Crippen LogP contribution in [0.1, 0.15) is 6.92 Å². The Hall–Kier alpha value is 0.951. The second-order valence-corrected chi connectivity index (χ2v) is 0.519. The van der Waals surface area contributed by atoms with Crippen LogP contribution in [0.5, 0.6) is 0 Å². The molecular formula is C2H6O2Sr. The quantitative estimate of drug-likeness (QED) is 0.457. The van der Waals surface area contributed by atoms with Crippen LogP contribution >= 0.6 is 0 Å². The number of aliphatic carboxylic acids is 1. The van der Waals surface area contributed by atoms with Crippen LogP contribution in [0.4, 0.5) is 0 Å². The van der Waals surface area contributed by atoms with Gasteiger partial charge in [-0.05, 0) is 0 Å². The fraction of sp³-hybridized carbons (Fsp3) is 0.500. The first kappa shape index (κ1) is 9.34. The molecule has 0 aliphatic rings. The van der Waals surface area contributed by atoms with Gasteiger partial charge in [0.25, 0.3) is 5.97 Å². The minimum atomic E-state index is -0.833. The molecule has 0 aromatic rings. The van der Waals surface area contributed by atoms with Crippen LogP contribution in [-0.4, -0.2) is 56.6 Å². The van der Waals surface area contributed by atoms with Crippen molar-refractivity contribution < 1.29 is 9.90 Å². The third kappa shape index (κ3) is 47.7. The van der Waals surface area contributed by atoms with Gasteiger partial charge < -0.3 is 5.11 Å². The molecule has 0 aliphatic heterocycles. The molecule has 3 heteroatoms. The molecule has 0 atom stereocenters. The van der Waals surface area contributed by atoms with E-state index in [-0.39, 0.29) is 45.5 Å². The van der Waals surface area contributed by atoms with Crippen molar-refractivity contribution in [1.82, 2.24) is 0 Å². The summed E-state index contributed by atoms with van der Waals surface area (Å²) in [7, 11) is 0. The molecule has 0 aromatic carbocycles. The SMILES string of the molecule is CC(=O)O.[SrH2]. The summed E-state index contributed by atoms with van der Waals surface area (Å²) in [5.41, 5.74) is 0. The molecule has 2 nitrogen and oxygen atoms in total. The Bertz CT molecular complexity index is 30.6. The summed E-state index contributed by atoms with van der Waals surface area (Å²) in [6.07, 6.45) is 0. The molecule has 0 saturated heterocycles. The summed E-state index contributed by atoms with van der Waals surface area (Å²) >= 11 is 0. The van der Waals surface area contributed by atoms with Crippen molar-refractivity contribution >= 4 is 51.5 Å². The molecular weight excluding hydrogens is 144 g/mol. The average molecular weight is 150 g/mol. The molecule has 0 radical (unpaired) electrons. The molecule has 0 aliphatic carbocycles. The maximum absolute atomic E-state index is 9.00. The Balaban J connectivity index is 0. The van der Waals surface area contributed by atoms with Gasteiger partial charge in [0.2, 0.25) is 0 Å². The topological polar surface area (TPSA) is 37.3 Å². The summed E-state index contributed by atoms with van der Waals surface area (Å²) < 4.78 is 0. The molecule has 0 amide bonds. The summed E-state index contributed by atoms with van der Waals surface area (Å²) in [6.45, 7) is 1.08. The zero-order valence-corrected chi connectivity index (χ0v) is 2.36. The second-order valence-electron chi connectivity index (χ2n) is 0.519. The number of carboxylic acid groups (broad SMARTS) is 1. The van der Waals surface area contributed by atoms with E-state index in [1.54, 1.807) is 0 Å². The fourth-order valence-electron chi connectivity index (χ4n) is 0. The van der Waals surface area contributed by atoms with Crippen LogP contribution in [0, 0.1) is 0 Å². The summed E-state index contributed by atoms with van der Waals surface area (Å²) in [5.74, 6) is -0.833. The number of rotatable bonds is 0. The Labute approximate surface area is 67.4 Å². The van der Waals surface area contributed by atoms with Gasteiger partial charge in [-0.1, -0.05) is 0 Å². The fourth-order valence-corrected chi connectivity index (χ4v) is 0. The van der Waals surface area contributed by atoms with E-state index in [1.165, 1.54) is 0 Å². The molecule has 0 rings (SSSR count). The molecule has 0 unspecified atom stereocenters. The van der Waals surface area contributed by atoms with Gasteiger partial charge >= 0.3 is 45.5 Å². The maximum atomic E-state index is 9.00. The van der Waals surface area contributed by atoms with Gasteiger partial charge in [0.1, 0.15) is 0 Å². The van der Waals surface area contributed by atoms with Crippen molar-refractivity contribution in [3.63, 3.8) is 0 Å². The molecule has 0 aromatic heterocycles. The molecule has 28 valence electrons. The van der Waals surface area contributed by atoms with Crippen LogP contribution in [0.25, 0.3) is 0 Å². The first-order valence-electron chi connectivity index (χ1n) is 0.928. The van der Waals surface area contributed by atoms with Crippen molar-refractivity contribution in [2.45, 2.75) is 6.92 Å². The van der Waals surface area contributed by atoms with E-state index < -0.39 is 5.97 Å². The van der Waals surface area contributed by atoms with E-state index in [9.17, 15) is 0 Å². The van der Waals surface area contributed by atoms with Crippen molar-refractivity contribution in [2.24, 2.45) is 0 Å². The zero-order chi connectivity index (χ0) is 3.58. The number of carboxylic acids is 1. The van der Waals surface area contributed by atoms with E-state index in [0.29, 0.717) is 0 Å². The molecule has 1 N–H and O–H groups in total. The van der Waals surface area contributed by atoms with Crippen LogP contribution in [0.2, 0.25) is 0 Å². The molecule has 0 fully saturated rings. The number of carbonyl (C=O) groups is 1. The second kappa shape index (κ2) is 4.95. The van der Waals surface area contributed by atoms with E-state index in [1.807, 2.05) is 0 Å². The van der Waals surface area contributed by atoms with Crippen LogP contribution in [-0.2, 0) is 4.79 Å². The standard InChI is InChI=1S/C2H4O2.Sr.2H/c1-2(3)4;;;/h1H3,(H,3,4);;;. The predicted molar refractivity (Wildman–Crippen MR) is 21.9 cm³/mol. The molecule has 0 saturated carbocycles. The normalized spacial score (nSPS) is 5.00. The third-order valence-corrected chi connectivity index (χ3v) is 0. The summed E-state index contributed by atoms with van der Waals surface area (Å²) in [6, 6.07) is 0. The van der Waals surface area contributed by atoms with Crippen molar-refractivity contribution in [2.75, 3.05) is 0 Å². The van der Waals surface area contributed by atoms with Crippen molar-refractivity contribution in [1.29, 1.82) is 0 Å². The van der Waals surface area contributed by atoms with Gasteiger partial charge in [0.05, 0.1) is 0 Å². The molecule has 5 heavy (non-hydrogen) atoms. The van der Waals surface area contributed by atoms with Crippen molar-refractivity contribution in [3.05, 3.63) is 0 Å². The zero-order valence-electron chi connectivity index (χ0n) is 2.36. The molecule has 0 spiro atoms. The summed E-state index contributed by atoms with van der Waals surface area (Å²) in [4.78, 5) is 9.00. The van der Waals surface area contributed by atoms with E-state index in [2.05, 4.69) is 0 Å². The van der Waals surface area contributed by atoms with Gasteiger partial charge in [-0.25, -0.2) is 0 Å². The van der Waals surface area contributed by atoms with E-state index >= 15 is 0 Å². The Morgan fingerprint density at radius 1 is 1.80 bits per heavy atom. The van der Waals surface area contributed by atoms with Gasteiger partial charge in [0, 0.05) is 6.92 Å². The Morgan fingerprint density at radius 3 is 1.80 bits per heavy atom. The number of hydrogen-bond donors (Lipinski definition) is 1. The van der Waals surface area contributed by atoms with Crippen LogP contribution in [0.15, 0.2) is 0 Å². The van der Waals surface area contributed by atoms with Crippen molar-refractivity contribution in [3.8, 4) is 0 Å². The van der Waals surface area contributed by atoms with Crippen LogP contribution < -0.4 is 0 Å². The monoisotopic (exact) mass is 150 g/mol. The Morgan fingerprint density at radius 2 is 1.80 bits per heavy atom. The van der Waals surface area contributed by atoms with E-state index in [0.717, 1.165) is 6.92 Å². The van der Waals surface area contributed by atoms with Gasteiger partial charge in [-0.3, -0.25) is 4.79 Å². The predicted octanol–water partition coefficient (Wildman–Crippen LogP) is -0.825. The minimum absolute atomic E-state index is 0. The first-order valence-corrected chi connectivity index (χ1v) is 0.928. The van der Waals surface area contributed by atoms with Gasteiger partial charge in [-0.15, -0.1) is 0 Å². The first-order chi connectivity index (χ1) is 1.73.